The summed E-state index contributed by atoms with van der Waals surface area (Å²) in [6, 6.07) is 2.94. The van der Waals surface area contributed by atoms with Crippen LogP contribution in [0.15, 0.2) is 18.2 Å². The van der Waals surface area contributed by atoms with Crippen LogP contribution in [0.1, 0.15) is 35.7 Å². The van der Waals surface area contributed by atoms with Gasteiger partial charge in [0.25, 0.3) is 5.69 Å². The molecule has 0 bridgehead atoms. The summed E-state index contributed by atoms with van der Waals surface area (Å²) in [6.45, 7) is 2.69. The highest BCUT2D eigenvalue weighted by molar-refractivity contribution is 6.06. The van der Waals surface area contributed by atoms with E-state index in [1.165, 1.54) is 0 Å². The molecule has 1 unspecified atom stereocenters. The van der Waals surface area contributed by atoms with Crippen molar-refractivity contribution >= 4 is 23.4 Å². The molecule has 8 heteroatoms. The number of nitrogens with zero attached hydrogens (tertiary/aromatic N) is 1. The molecule has 0 saturated carbocycles. The number of non-ortho nitro benzene ring substituents is 1. The Morgan fingerprint density at radius 2 is 2.00 bits per heavy atom. The number of Topliss-reactive ketones (excluding diaryl/α,β-unsaturated/α-hetero) is 1. The van der Waals surface area contributed by atoms with Crippen LogP contribution in [0.3, 0.4) is 0 Å². The van der Waals surface area contributed by atoms with E-state index in [0.717, 1.165) is 25.1 Å². The van der Waals surface area contributed by atoms with Crippen LogP contribution in [0.5, 0.6) is 0 Å². The monoisotopic (exact) mass is 295 g/mol. The summed E-state index contributed by atoms with van der Waals surface area (Å²) in [4.78, 5) is 44.6. The van der Waals surface area contributed by atoms with Gasteiger partial charge in [-0.05, 0) is 19.4 Å². The maximum atomic E-state index is 11.8. The molecule has 1 N–H and O–H groups in total. The van der Waals surface area contributed by atoms with E-state index >= 15 is 0 Å². The molecular formula is C13H13NO7. The van der Waals surface area contributed by atoms with Crippen molar-refractivity contribution in [1.29, 1.82) is 0 Å². The first-order chi connectivity index (χ1) is 9.79. The average Bonchev–Trinajstić information content (AvgIpc) is 2.38. The smallest absolute Gasteiger partial charge is 0.336 e. The van der Waals surface area contributed by atoms with Crippen LogP contribution < -0.4 is 0 Å². The van der Waals surface area contributed by atoms with E-state index in [1.54, 1.807) is 6.92 Å². The van der Waals surface area contributed by atoms with Gasteiger partial charge in [0, 0.05) is 12.1 Å². The lowest BCUT2D eigenvalue weighted by Gasteiger charge is -2.15. The van der Waals surface area contributed by atoms with Gasteiger partial charge in [-0.1, -0.05) is 6.07 Å². The van der Waals surface area contributed by atoms with Gasteiger partial charge in [-0.3, -0.25) is 19.7 Å². The van der Waals surface area contributed by atoms with E-state index < -0.39 is 39.8 Å². The predicted octanol–water partition coefficient (Wildman–Crippen LogP) is 1.53. The van der Waals surface area contributed by atoms with Gasteiger partial charge in [0.1, 0.15) is 11.7 Å². The zero-order valence-corrected chi connectivity index (χ0v) is 11.4. The molecule has 1 aromatic rings. The fourth-order valence-electron chi connectivity index (χ4n) is 1.83. The number of carbonyl (C=O) groups excluding carboxylic acids is 2. The van der Waals surface area contributed by atoms with Gasteiger partial charge in [0.2, 0.25) is 0 Å². The second-order valence-corrected chi connectivity index (χ2v) is 4.13. The molecule has 0 aliphatic rings. The molecule has 8 nitrogen and oxygen atoms in total. The topological polar surface area (TPSA) is 124 Å². The Morgan fingerprint density at radius 3 is 2.43 bits per heavy atom. The van der Waals surface area contributed by atoms with Crippen LogP contribution in [0, 0.1) is 10.1 Å². The molecule has 0 heterocycles. The van der Waals surface area contributed by atoms with Crippen molar-refractivity contribution in [3.63, 3.8) is 0 Å². The van der Waals surface area contributed by atoms with Gasteiger partial charge >= 0.3 is 11.9 Å². The van der Waals surface area contributed by atoms with Crippen LogP contribution in [0.4, 0.5) is 5.69 Å². The number of benzene rings is 1. The third-order valence-electron chi connectivity index (χ3n) is 2.72. The number of hydrogen-bond donors (Lipinski definition) is 1. The van der Waals surface area contributed by atoms with Gasteiger partial charge in [-0.25, -0.2) is 4.79 Å². The third-order valence-corrected chi connectivity index (χ3v) is 2.72. The zero-order chi connectivity index (χ0) is 16.2. The first kappa shape index (κ1) is 16.3. The molecule has 0 aliphatic carbocycles. The minimum Gasteiger partial charge on any atom is -0.478 e. The molecule has 0 aliphatic heterocycles. The van der Waals surface area contributed by atoms with Gasteiger partial charge in [-0.2, -0.15) is 0 Å². The fourth-order valence-corrected chi connectivity index (χ4v) is 1.83. The Morgan fingerprint density at radius 1 is 1.38 bits per heavy atom. The molecule has 0 amide bonds. The lowest BCUT2D eigenvalue weighted by Crippen LogP contribution is -2.24. The Balaban J connectivity index is 3.44. The molecule has 0 spiro atoms. The number of esters is 1. The predicted molar refractivity (Wildman–Crippen MR) is 70.1 cm³/mol. The molecular weight excluding hydrogens is 282 g/mol. The van der Waals surface area contributed by atoms with E-state index in [0.29, 0.717) is 0 Å². The summed E-state index contributed by atoms with van der Waals surface area (Å²) < 4.78 is 4.75. The van der Waals surface area contributed by atoms with E-state index in [2.05, 4.69) is 0 Å². The van der Waals surface area contributed by atoms with E-state index in [4.69, 9.17) is 9.84 Å². The Hall–Kier alpha value is -2.77. The molecule has 1 aromatic carbocycles. The third kappa shape index (κ3) is 3.62. The van der Waals surface area contributed by atoms with Crippen molar-refractivity contribution < 1.29 is 29.2 Å². The number of ketones is 1. The number of hydrogen-bond acceptors (Lipinski definition) is 6. The van der Waals surface area contributed by atoms with Crippen molar-refractivity contribution in [2.45, 2.75) is 19.8 Å². The normalized spacial score (nSPS) is 11.5. The number of carboxylic acid groups (broad SMARTS) is 1. The van der Waals surface area contributed by atoms with Gasteiger partial charge in [-0.15, -0.1) is 0 Å². The SMILES string of the molecule is CCOC(=O)C(C(C)=O)c1ccc([N+](=O)[O-])cc1C(=O)O. The van der Waals surface area contributed by atoms with E-state index in [9.17, 15) is 24.5 Å². The maximum Gasteiger partial charge on any atom is 0.336 e. The zero-order valence-electron chi connectivity index (χ0n) is 11.4. The second kappa shape index (κ2) is 6.60. The molecule has 1 rings (SSSR count). The van der Waals surface area contributed by atoms with Gasteiger partial charge in [0.15, 0.2) is 0 Å². The molecule has 0 aromatic heterocycles. The Bertz CT molecular complexity index is 609. The fraction of sp³-hybridized carbons (Fsp3) is 0.308. The molecule has 21 heavy (non-hydrogen) atoms. The summed E-state index contributed by atoms with van der Waals surface area (Å²) in [6.07, 6.45) is 0. The number of nitro benzene ring substituents is 1. The van der Waals surface area contributed by atoms with Gasteiger partial charge in [0.05, 0.1) is 17.1 Å². The molecule has 1 atom stereocenters. The number of nitro groups is 1. The van der Waals surface area contributed by atoms with Crippen molar-refractivity contribution in [3.05, 3.63) is 39.4 Å². The minimum absolute atomic E-state index is 0.0258. The van der Waals surface area contributed by atoms with Gasteiger partial charge < -0.3 is 9.84 Å². The van der Waals surface area contributed by atoms with Crippen LogP contribution in [-0.2, 0) is 14.3 Å². The minimum atomic E-state index is -1.47. The lowest BCUT2D eigenvalue weighted by atomic mass is 9.91. The number of aromatic carboxylic acids is 1. The first-order valence-electron chi connectivity index (χ1n) is 5.98. The van der Waals surface area contributed by atoms with Crippen molar-refractivity contribution in [2.24, 2.45) is 0 Å². The number of carbonyl (C=O) groups is 3. The van der Waals surface area contributed by atoms with Crippen LogP contribution >= 0.6 is 0 Å². The first-order valence-corrected chi connectivity index (χ1v) is 5.98. The highest BCUT2D eigenvalue weighted by atomic mass is 16.6. The van der Waals surface area contributed by atoms with E-state index in [1.807, 2.05) is 0 Å². The standard InChI is InChI=1S/C13H13NO7/c1-3-21-13(18)11(7(2)15)9-5-4-8(14(19)20)6-10(9)12(16)17/h4-6,11H,3H2,1-2H3,(H,16,17). The largest absolute Gasteiger partial charge is 0.478 e. The van der Waals surface area contributed by atoms with E-state index in [-0.39, 0.29) is 12.2 Å². The molecule has 0 saturated heterocycles. The summed E-state index contributed by atoms with van der Waals surface area (Å²) in [7, 11) is 0. The Kier molecular flexibility index (Phi) is 5.12. The lowest BCUT2D eigenvalue weighted by molar-refractivity contribution is -0.384. The quantitative estimate of drug-likeness (QED) is 0.365. The molecule has 0 fully saturated rings. The highest BCUT2D eigenvalue weighted by Gasteiger charge is 2.31. The molecule has 112 valence electrons. The maximum absolute atomic E-state index is 11.8. The van der Waals surface area contributed by atoms with Crippen molar-refractivity contribution in [1.82, 2.24) is 0 Å². The van der Waals surface area contributed by atoms with Crippen molar-refractivity contribution in [3.8, 4) is 0 Å². The van der Waals surface area contributed by atoms with Crippen LogP contribution in [0.2, 0.25) is 0 Å². The molecule has 0 radical (unpaired) electrons. The summed E-state index contributed by atoms with van der Waals surface area (Å²) >= 11 is 0. The number of rotatable bonds is 6. The average molecular weight is 295 g/mol. The van der Waals surface area contributed by atoms with Crippen LogP contribution in [-0.4, -0.2) is 34.4 Å². The second-order valence-electron chi connectivity index (χ2n) is 4.13. The number of carboxylic acids is 1. The summed E-state index contributed by atoms with van der Waals surface area (Å²) in [5.74, 6) is -4.38. The number of ether oxygens (including phenoxy) is 1. The summed E-state index contributed by atoms with van der Waals surface area (Å²) in [5.41, 5.74) is -1.04. The van der Waals surface area contributed by atoms with Crippen molar-refractivity contribution in [2.75, 3.05) is 6.61 Å². The highest BCUT2D eigenvalue weighted by Crippen LogP contribution is 2.26. The Labute approximate surface area is 119 Å². The van der Waals surface area contributed by atoms with Crippen LogP contribution in [0.25, 0.3) is 0 Å². The summed E-state index contributed by atoms with van der Waals surface area (Å²) in [5, 5.41) is 19.8.